The average Bonchev–Trinajstić information content (AvgIpc) is 3.22. The number of benzene rings is 3. The van der Waals surface area contributed by atoms with Crippen LogP contribution in [-0.4, -0.2) is 15.8 Å². The smallest absolute Gasteiger partial charge is 0.324 e. The monoisotopic (exact) mass is 438 g/mol. The molecule has 0 saturated carbocycles. The summed E-state index contributed by atoms with van der Waals surface area (Å²) < 4.78 is 1.73. The summed E-state index contributed by atoms with van der Waals surface area (Å²) in [6.45, 7) is 6.61. The lowest BCUT2D eigenvalue weighted by Gasteiger charge is -2.14. The van der Waals surface area contributed by atoms with Gasteiger partial charge < -0.3 is 11.1 Å². The number of fused-ring (bicyclic) bond motifs is 1. The first-order valence-corrected chi connectivity index (χ1v) is 10.7. The van der Waals surface area contributed by atoms with E-state index < -0.39 is 6.03 Å². The molecule has 0 fully saturated rings. The van der Waals surface area contributed by atoms with Crippen molar-refractivity contribution in [2.24, 2.45) is 5.73 Å². The van der Waals surface area contributed by atoms with Crippen LogP contribution in [0.15, 0.2) is 66.7 Å². The molecular formula is C26H26N6O. The van der Waals surface area contributed by atoms with E-state index in [1.807, 2.05) is 42.5 Å². The average molecular weight is 439 g/mol. The lowest BCUT2D eigenvalue weighted by atomic mass is 9.92. The van der Waals surface area contributed by atoms with Gasteiger partial charge in [0.25, 0.3) is 0 Å². The van der Waals surface area contributed by atoms with E-state index in [0.29, 0.717) is 23.6 Å². The molecule has 0 bridgehead atoms. The fourth-order valence-corrected chi connectivity index (χ4v) is 3.64. The Morgan fingerprint density at radius 2 is 1.85 bits per heavy atom. The summed E-state index contributed by atoms with van der Waals surface area (Å²) in [5.41, 5.74) is 9.47. The number of hydrogen-bond donors (Lipinski definition) is 3. The van der Waals surface area contributed by atoms with Crippen molar-refractivity contribution in [2.45, 2.75) is 32.7 Å². The fraction of sp³-hybridized carbons (Fsp3) is 0.192. The Hall–Kier alpha value is -4.15. The zero-order chi connectivity index (χ0) is 23.6. The van der Waals surface area contributed by atoms with E-state index in [1.165, 1.54) is 0 Å². The summed E-state index contributed by atoms with van der Waals surface area (Å²) in [5, 5.41) is 21.7. The number of carbonyl (C=O) groups excluding carboxylic acids is 1. The molecule has 7 heteroatoms. The van der Waals surface area contributed by atoms with Crippen LogP contribution >= 0.6 is 0 Å². The molecule has 4 N–H and O–H groups in total. The van der Waals surface area contributed by atoms with Gasteiger partial charge in [0.2, 0.25) is 0 Å². The van der Waals surface area contributed by atoms with Gasteiger partial charge in [0.05, 0.1) is 23.0 Å². The van der Waals surface area contributed by atoms with E-state index in [1.54, 1.807) is 28.9 Å². The van der Waals surface area contributed by atoms with Crippen LogP contribution in [0.4, 0.5) is 16.3 Å². The maximum atomic E-state index is 12.8. The Labute approximate surface area is 192 Å². The third-order valence-corrected chi connectivity index (χ3v) is 5.37. The number of nitrogens with one attached hydrogen (secondary N) is 2. The van der Waals surface area contributed by atoms with Gasteiger partial charge in [-0.15, -0.1) is 0 Å². The molecule has 0 saturated heterocycles. The molecule has 0 aliphatic heterocycles. The van der Waals surface area contributed by atoms with E-state index >= 15 is 0 Å². The first-order valence-electron chi connectivity index (χ1n) is 10.7. The Balaban J connectivity index is 1.73. The molecule has 0 aliphatic carbocycles. The van der Waals surface area contributed by atoms with Crippen molar-refractivity contribution in [3.05, 3.63) is 83.6 Å². The molecule has 3 aromatic carbocycles. The highest BCUT2D eigenvalue weighted by atomic mass is 16.2. The molecule has 1 aromatic heterocycles. The number of carbonyl (C=O) groups is 1. The Morgan fingerprint density at radius 3 is 2.58 bits per heavy atom. The standard InChI is InChI=1S/C26H26N6O/c1-26(2,3)23-14-24(30-25(33)29-20-9-6-7-17(11-20)15-27)32(31-23)21-12-18-8-4-5-10-22(18)19(13-21)16-28/h4-14H,16,28H2,1-3H3,(H2,29,30,33). The number of urea groups is 1. The van der Waals surface area contributed by atoms with Gasteiger partial charge >= 0.3 is 6.03 Å². The van der Waals surface area contributed by atoms with Gasteiger partial charge in [0.1, 0.15) is 5.82 Å². The van der Waals surface area contributed by atoms with Crippen LogP contribution in [0.2, 0.25) is 0 Å². The van der Waals surface area contributed by atoms with Crippen molar-refractivity contribution in [1.29, 1.82) is 5.26 Å². The number of amides is 2. The van der Waals surface area contributed by atoms with Crippen molar-refractivity contribution < 1.29 is 4.79 Å². The predicted octanol–water partition coefficient (Wildman–Crippen LogP) is 5.30. The van der Waals surface area contributed by atoms with Crippen LogP contribution in [0, 0.1) is 11.3 Å². The summed E-state index contributed by atoms with van der Waals surface area (Å²) in [6, 6.07) is 22.4. The summed E-state index contributed by atoms with van der Waals surface area (Å²) in [4.78, 5) is 12.8. The second-order valence-electron chi connectivity index (χ2n) is 8.88. The number of nitrogens with zero attached hydrogens (tertiary/aromatic N) is 3. The molecule has 0 radical (unpaired) electrons. The Bertz CT molecular complexity index is 1370. The summed E-state index contributed by atoms with van der Waals surface area (Å²) in [7, 11) is 0. The number of aromatic nitrogens is 2. The minimum atomic E-state index is -0.425. The van der Waals surface area contributed by atoms with Gasteiger partial charge in [-0.05, 0) is 46.7 Å². The largest absolute Gasteiger partial charge is 0.326 e. The van der Waals surface area contributed by atoms with Crippen LogP contribution in [-0.2, 0) is 12.0 Å². The second-order valence-corrected chi connectivity index (χ2v) is 8.88. The topological polar surface area (TPSA) is 109 Å². The quantitative estimate of drug-likeness (QED) is 0.402. The first kappa shape index (κ1) is 22.1. The molecule has 0 aliphatic rings. The lowest BCUT2D eigenvalue weighted by molar-refractivity contribution is 0.262. The Kier molecular flexibility index (Phi) is 5.86. The highest BCUT2D eigenvalue weighted by Crippen LogP contribution is 2.29. The van der Waals surface area contributed by atoms with Gasteiger partial charge in [-0.1, -0.05) is 51.1 Å². The molecule has 4 aromatic rings. The van der Waals surface area contributed by atoms with Gasteiger partial charge in [-0.25, -0.2) is 9.48 Å². The zero-order valence-corrected chi connectivity index (χ0v) is 18.9. The van der Waals surface area contributed by atoms with Crippen LogP contribution < -0.4 is 16.4 Å². The maximum Gasteiger partial charge on any atom is 0.324 e. The van der Waals surface area contributed by atoms with Gasteiger partial charge in [0.15, 0.2) is 0 Å². The van der Waals surface area contributed by atoms with E-state index in [4.69, 9.17) is 16.1 Å². The molecule has 0 spiro atoms. The summed E-state index contributed by atoms with van der Waals surface area (Å²) in [5.74, 6) is 0.534. The molecule has 1 heterocycles. The van der Waals surface area contributed by atoms with E-state index in [9.17, 15) is 4.79 Å². The number of rotatable bonds is 4. The third kappa shape index (κ3) is 4.71. The first-order chi connectivity index (χ1) is 15.8. The molecule has 166 valence electrons. The van der Waals surface area contributed by atoms with Crippen molar-refractivity contribution in [3.63, 3.8) is 0 Å². The minimum absolute atomic E-state index is 0.215. The third-order valence-electron chi connectivity index (χ3n) is 5.37. The Morgan fingerprint density at radius 1 is 1.06 bits per heavy atom. The summed E-state index contributed by atoms with van der Waals surface area (Å²) in [6.07, 6.45) is 0. The minimum Gasteiger partial charge on any atom is -0.326 e. The van der Waals surface area contributed by atoms with E-state index in [0.717, 1.165) is 27.7 Å². The zero-order valence-electron chi connectivity index (χ0n) is 18.9. The second kappa shape index (κ2) is 8.77. The van der Waals surface area contributed by atoms with Crippen molar-refractivity contribution >= 4 is 28.3 Å². The van der Waals surface area contributed by atoms with Crippen LogP contribution in [0.5, 0.6) is 0 Å². The van der Waals surface area contributed by atoms with Crippen molar-refractivity contribution in [3.8, 4) is 11.8 Å². The number of hydrogen-bond acceptors (Lipinski definition) is 4. The lowest BCUT2D eigenvalue weighted by Crippen LogP contribution is -2.21. The SMILES string of the molecule is CC(C)(C)c1cc(NC(=O)Nc2cccc(C#N)c2)n(-c2cc(CN)c3ccccc3c2)n1. The van der Waals surface area contributed by atoms with Gasteiger partial charge in [-0.3, -0.25) is 5.32 Å². The number of nitriles is 1. The molecule has 0 atom stereocenters. The van der Waals surface area contributed by atoms with E-state index in [2.05, 4.69) is 37.5 Å². The van der Waals surface area contributed by atoms with Crippen LogP contribution in [0.25, 0.3) is 16.5 Å². The van der Waals surface area contributed by atoms with Crippen LogP contribution in [0.3, 0.4) is 0 Å². The molecule has 0 unspecified atom stereocenters. The van der Waals surface area contributed by atoms with Gasteiger partial charge in [0, 0.05) is 23.7 Å². The maximum absolute atomic E-state index is 12.8. The highest BCUT2D eigenvalue weighted by molar-refractivity contribution is 5.99. The number of nitrogens with two attached hydrogens (primary N) is 1. The fourth-order valence-electron chi connectivity index (χ4n) is 3.64. The molecule has 7 nitrogen and oxygen atoms in total. The molecule has 4 rings (SSSR count). The molecule has 2 amide bonds. The van der Waals surface area contributed by atoms with Crippen molar-refractivity contribution in [1.82, 2.24) is 9.78 Å². The highest BCUT2D eigenvalue weighted by Gasteiger charge is 2.22. The van der Waals surface area contributed by atoms with E-state index in [-0.39, 0.29) is 5.41 Å². The van der Waals surface area contributed by atoms with Gasteiger partial charge in [-0.2, -0.15) is 10.4 Å². The molecule has 33 heavy (non-hydrogen) atoms. The summed E-state index contributed by atoms with van der Waals surface area (Å²) >= 11 is 0. The molecular weight excluding hydrogens is 412 g/mol. The normalized spacial score (nSPS) is 11.2. The number of anilines is 2. The predicted molar refractivity (Wildman–Crippen MR) is 131 cm³/mol. The van der Waals surface area contributed by atoms with Crippen LogP contribution in [0.1, 0.15) is 37.6 Å². The van der Waals surface area contributed by atoms with Crippen molar-refractivity contribution in [2.75, 3.05) is 10.6 Å².